The first kappa shape index (κ1) is 19.8. The zero-order valence-corrected chi connectivity index (χ0v) is 18.2. The van der Waals surface area contributed by atoms with Crippen LogP contribution in [0.3, 0.4) is 0 Å². The molecule has 0 spiro atoms. The van der Waals surface area contributed by atoms with E-state index < -0.39 is 19.8 Å². The molecule has 1 aromatic heterocycles. The highest BCUT2D eigenvalue weighted by Gasteiger charge is 2.20. The van der Waals surface area contributed by atoms with E-state index in [1.54, 1.807) is 53.9 Å². The average Bonchev–Trinajstić information content (AvgIpc) is 3.17. The summed E-state index contributed by atoms with van der Waals surface area (Å²) in [6.45, 7) is 1.85. The third-order valence-corrected chi connectivity index (χ3v) is 9.18. The molecule has 0 amide bonds. The lowest BCUT2D eigenvalue weighted by molar-refractivity contribution is 0.598. The zero-order valence-electron chi connectivity index (χ0n) is 14.1. The lowest BCUT2D eigenvalue weighted by Crippen LogP contribution is -2.03. The van der Waals surface area contributed by atoms with Crippen molar-refractivity contribution >= 4 is 47.0 Å². The molecule has 0 saturated carbocycles. The number of hydrogen-bond acceptors (Lipinski definition) is 4. The SMILES string of the molecule is Cc1ccc(S(=O)(=O)N=S(=O)(C#Cc2ccc(Br)cc2)c2cccs2)cc1. The highest BCUT2D eigenvalue weighted by molar-refractivity contribution is 9.10. The molecule has 0 N–H and O–H groups in total. The standard InChI is InChI=1S/C19H14BrNO3S3/c1-15-4-10-18(11-5-15)27(23,24)21-26(22,19-3-2-13-25-19)14-12-16-6-8-17(20)9-7-16/h2-11,13H,1H3. The molecule has 4 nitrogen and oxygen atoms in total. The van der Waals surface area contributed by atoms with Crippen molar-refractivity contribution in [3.05, 3.63) is 81.6 Å². The third kappa shape index (κ3) is 4.87. The maximum absolute atomic E-state index is 13.4. The van der Waals surface area contributed by atoms with E-state index in [1.165, 1.54) is 12.1 Å². The summed E-state index contributed by atoms with van der Waals surface area (Å²) in [5.41, 5.74) is 1.54. The van der Waals surface area contributed by atoms with Crippen LogP contribution in [0, 0.1) is 18.1 Å². The van der Waals surface area contributed by atoms with Crippen molar-refractivity contribution in [1.82, 2.24) is 0 Å². The number of aryl methyl sites for hydroxylation is 1. The minimum Gasteiger partial charge on any atom is -0.230 e. The number of rotatable bonds is 3. The molecule has 3 rings (SSSR count). The fraction of sp³-hybridized carbons (Fsp3) is 0.0526. The van der Waals surface area contributed by atoms with Gasteiger partial charge in [-0.15, -0.1) is 11.3 Å². The summed E-state index contributed by atoms with van der Waals surface area (Å²) in [6.07, 6.45) is 0. The Morgan fingerprint density at radius 3 is 2.22 bits per heavy atom. The fourth-order valence-corrected chi connectivity index (χ4v) is 6.87. The van der Waals surface area contributed by atoms with E-state index in [9.17, 15) is 12.6 Å². The molecule has 0 aliphatic heterocycles. The van der Waals surface area contributed by atoms with Crippen molar-refractivity contribution in [1.29, 1.82) is 0 Å². The molecule has 0 aliphatic rings. The van der Waals surface area contributed by atoms with Gasteiger partial charge < -0.3 is 0 Å². The predicted octanol–water partition coefficient (Wildman–Crippen LogP) is 5.04. The highest BCUT2D eigenvalue weighted by atomic mass is 79.9. The second kappa shape index (κ2) is 7.98. The Morgan fingerprint density at radius 1 is 0.963 bits per heavy atom. The van der Waals surface area contributed by atoms with E-state index in [0.717, 1.165) is 21.4 Å². The van der Waals surface area contributed by atoms with Gasteiger partial charge in [-0.05, 0) is 54.8 Å². The van der Waals surface area contributed by atoms with Gasteiger partial charge in [0.25, 0.3) is 10.0 Å². The van der Waals surface area contributed by atoms with E-state index >= 15 is 0 Å². The van der Waals surface area contributed by atoms with E-state index in [2.05, 4.69) is 30.9 Å². The highest BCUT2D eigenvalue weighted by Crippen LogP contribution is 2.24. The molecule has 3 aromatic rings. The molecule has 138 valence electrons. The second-order valence-corrected chi connectivity index (χ2v) is 11.4. The first-order valence-electron chi connectivity index (χ1n) is 7.70. The molecule has 1 unspecified atom stereocenters. The Balaban J connectivity index is 2.14. The molecule has 2 aromatic carbocycles. The van der Waals surface area contributed by atoms with Crippen molar-refractivity contribution < 1.29 is 12.6 Å². The lowest BCUT2D eigenvalue weighted by atomic mass is 10.2. The predicted molar refractivity (Wildman–Crippen MR) is 113 cm³/mol. The molecule has 0 saturated heterocycles. The van der Waals surface area contributed by atoms with E-state index in [4.69, 9.17) is 0 Å². The summed E-state index contributed by atoms with van der Waals surface area (Å²) < 4.78 is 43.8. The van der Waals surface area contributed by atoms with Crippen molar-refractivity contribution in [2.45, 2.75) is 16.0 Å². The van der Waals surface area contributed by atoms with Crippen LogP contribution in [0.15, 0.2) is 83.4 Å². The van der Waals surface area contributed by atoms with Crippen LogP contribution >= 0.6 is 27.3 Å². The molecular formula is C19H14BrNO3S3. The summed E-state index contributed by atoms with van der Waals surface area (Å²) >= 11 is 4.50. The molecule has 0 bridgehead atoms. The smallest absolute Gasteiger partial charge is 0.230 e. The number of halogens is 1. The van der Waals surface area contributed by atoms with Crippen LogP contribution in [0.2, 0.25) is 0 Å². The van der Waals surface area contributed by atoms with Crippen molar-refractivity contribution in [3.63, 3.8) is 0 Å². The number of thiophene rings is 1. The minimum atomic E-state index is -4.13. The van der Waals surface area contributed by atoms with Gasteiger partial charge in [0.05, 0.1) is 4.90 Å². The maximum Gasteiger partial charge on any atom is 0.291 e. The quantitative estimate of drug-likeness (QED) is 0.494. The van der Waals surface area contributed by atoms with Gasteiger partial charge in [0, 0.05) is 15.3 Å². The third-order valence-electron chi connectivity index (χ3n) is 3.47. The molecule has 0 radical (unpaired) electrons. The minimum absolute atomic E-state index is 0.0113. The second-order valence-electron chi connectivity index (χ2n) is 5.55. The maximum atomic E-state index is 13.4. The van der Waals surface area contributed by atoms with E-state index in [1.807, 2.05) is 6.92 Å². The van der Waals surface area contributed by atoms with Crippen LogP contribution < -0.4 is 0 Å². The Morgan fingerprint density at radius 2 is 1.63 bits per heavy atom. The van der Waals surface area contributed by atoms with Gasteiger partial charge in [-0.3, -0.25) is 0 Å². The van der Waals surface area contributed by atoms with Crippen LogP contribution in [-0.2, 0) is 19.8 Å². The fourth-order valence-electron chi connectivity index (χ4n) is 2.08. The molecule has 27 heavy (non-hydrogen) atoms. The van der Waals surface area contributed by atoms with E-state index in [0.29, 0.717) is 9.77 Å². The summed E-state index contributed by atoms with van der Waals surface area (Å²) in [5.74, 6) is 2.79. The van der Waals surface area contributed by atoms with Crippen LogP contribution in [0.1, 0.15) is 11.1 Å². The van der Waals surface area contributed by atoms with Crippen LogP contribution in [0.25, 0.3) is 0 Å². The van der Waals surface area contributed by atoms with Crippen LogP contribution in [-0.4, -0.2) is 12.6 Å². The molecule has 1 atom stereocenters. The van der Waals surface area contributed by atoms with Gasteiger partial charge in [0.2, 0.25) is 0 Å². The Labute approximate surface area is 171 Å². The Hall–Kier alpha value is -1.92. The first-order valence-corrected chi connectivity index (χ1v) is 12.3. The molecule has 0 aliphatic carbocycles. The molecule has 1 heterocycles. The van der Waals surface area contributed by atoms with Gasteiger partial charge in [-0.2, -0.15) is 8.42 Å². The molecule has 0 fully saturated rings. The number of nitrogens with zero attached hydrogens (tertiary/aromatic N) is 1. The van der Waals surface area contributed by atoms with Crippen molar-refractivity contribution in [2.75, 3.05) is 0 Å². The number of hydrogen-bond donors (Lipinski definition) is 0. The summed E-state index contributed by atoms with van der Waals surface area (Å²) in [6, 6.07) is 16.6. The Kier molecular flexibility index (Phi) is 5.86. The topological polar surface area (TPSA) is 63.6 Å². The largest absolute Gasteiger partial charge is 0.291 e. The van der Waals surface area contributed by atoms with E-state index in [-0.39, 0.29) is 4.90 Å². The van der Waals surface area contributed by atoms with Gasteiger partial charge in [0.15, 0.2) is 9.73 Å². The normalized spacial score (nSPS) is 13.3. The first-order chi connectivity index (χ1) is 12.8. The lowest BCUT2D eigenvalue weighted by Gasteiger charge is -2.03. The van der Waals surface area contributed by atoms with Crippen molar-refractivity contribution in [3.8, 4) is 11.2 Å². The van der Waals surface area contributed by atoms with Gasteiger partial charge in [-0.1, -0.05) is 49.4 Å². The van der Waals surface area contributed by atoms with Gasteiger partial charge in [0.1, 0.15) is 4.21 Å². The van der Waals surface area contributed by atoms with Crippen LogP contribution in [0.4, 0.5) is 0 Å². The zero-order chi connectivity index (χ0) is 19.5. The van der Waals surface area contributed by atoms with Gasteiger partial charge >= 0.3 is 0 Å². The Bertz CT molecular complexity index is 1230. The molecule has 8 heteroatoms. The van der Waals surface area contributed by atoms with Crippen molar-refractivity contribution in [2.24, 2.45) is 3.77 Å². The van der Waals surface area contributed by atoms with Gasteiger partial charge in [-0.25, -0.2) is 4.21 Å². The summed E-state index contributed by atoms with van der Waals surface area (Å²) in [5, 5.41) is 4.31. The number of sulfonamides is 1. The average molecular weight is 480 g/mol. The molecular weight excluding hydrogens is 466 g/mol. The monoisotopic (exact) mass is 479 g/mol. The summed E-state index contributed by atoms with van der Waals surface area (Å²) in [4.78, 5) is -0.0113. The number of benzene rings is 2. The summed E-state index contributed by atoms with van der Waals surface area (Å²) in [7, 11) is -7.59. The van der Waals surface area contributed by atoms with Crippen LogP contribution in [0.5, 0.6) is 0 Å².